The molecule has 2 amide bonds. The molecular weight excluding hydrogens is 1190 g/mol. The van der Waals surface area contributed by atoms with E-state index in [0.29, 0.717) is 36.1 Å². The van der Waals surface area contributed by atoms with Gasteiger partial charge >= 0.3 is 0 Å². The van der Waals surface area contributed by atoms with Crippen molar-refractivity contribution in [1.29, 1.82) is 0 Å². The van der Waals surface area contributed by atoms with Crippen LogP contribution in [-0.2, 0) is 9.59 Å². The molecule has 0 fully saturated rings. The first kappa shape index (κ1) is 67.3. The molecule has 0 aliphatic carbocycles. The summed E-state index contributed by atoms with van der Waals surface area (Å²) in [6.45, 7) is 10.6. The summed E-state index contributed by atoms with van der Waals surface area (Å²) in [4.78, 5) is 43.2. The van der Waals surface area contributed by atoms with Gasteiger partial charge in [-0.3, -0.25) is 9.59 Å². The van der Waals surface area contributed by atoms with Crippen molar-refractivity contribution < 1.29 is 9.59 Å². The molecule has 446 valence electrons. The molecule has 80 heavy (non-hydrogen) atoms. The maximum atomic E-state index is 16.0. The molecule has 4 aromatic heterocycles. The van der Waals surface area contributed by atoms with Crippen LogP contribution in [0.4, 0.5) is 0 Å². The zero-order chi connectivity index (χ0) is 56.6. The highest BCUT2D eigenvalue weighted by molar-refractivity contribution is 9.11. The second-order valence-electron chi connectivity index (χ2n) is 24.0. The first-order valence-corrected chi connectivity index (χ1v) is 38.0. The molecule has 0 N–H and O–H groups in total. The van der Waals surface area contributed by atoms with Crippen LogP contribution < -0.4 is 0 Å². The Morgan fingerprint density at radius 3 is 0.787 bits per heavy atom. The topological polar surface area (TPSA) is 40.6 Å². The number of fused-ring (bicyclic) bond motifs is 1. The standard InChI is InChI=1S/C70H106Br2N2O2S4/c1-5-9-13-17-21-25-27-31-35-39-43-55(41-37-33-29-23-19-15-11-7-3)53-73-67(61-47-45-57(77-61)59-49-51-63(71)79-59)65-66(69(73)75)68(62-48-46-58(78-62)60-50-52-64(72)80-60)74(70(65)76)54-56(42-38-34-30-24-20-16-12-8-4)44-40-36-32-28-26-22-18-14-10-6-2/h45-52,55-56H,5-44,53-54H2,1-4H3/t55-,56?/m1/s1. The lowest BCUT2D eigenvalue weighted by Gasteiger charge is -2.29. The van der Waals surface area contributed by atoms with Gasteiger partial charge in [0.25, 0.3) is 11.8 Å². The molecule has 0 spiro atoms. The number of unbranched alkanes of at least 4 members (excludes halogenated alkanes) is 32. The van der Waals surface area contributed by atoms with E-state index in [4.69, 9.17) is 0 Å². The number of nitrogens with zero attached hydrogens (tertiary/aromatic N) is 2. The van der Waals surface area contributed by atoms with Gasteiger partial charge in [0.05, 0.1) is 39.9 Å². The Morgan fingerprint density at radius 2 is 0.537 bits per heavy atom. The van der Waals surface area contributed by atoms with Crippen LogP contribution in [0, 0.1) is 11.8 Å². The smallest absolute Gasteiger partial charge is 0.261 e. The summed E-state index contributed by atoms with van der Waals surface area (Å²) in [5, 5.41) is 0. The highest BCUT2D eigenvalue weighted by atomic mass is 79.9. The van der Waals surface area contributed by atoms with Gasteiger partial charge in [0.2, 0.25) is 0 Å². The van der Waals surface area contributed by atoms with E-state index in [0.717, 1.165) is 54.4 Å². The van der Waals surface area contributed by atoms with Crippen LogP contribution in [-0.4, -0.2) is 34.7 Å². The van der Waals surface area contributed by atoms with Crippen LogP contribution in [0.1, 0.15) is 294 Å². The number of carbonyl (C=O) groups is 2. The number of halogens is 2. The van der Waals surface area contributed by atoms with Crippen molar-refractivity contribution in [3.63, 3.8) is 0 Å². The lowest BCUT2D eigenvalue weighted by molar-refractivity contribution is -0.124. The van der Waals surface area contributed by atoms with Crippen molar-refractivity contribution in [2.45, 2.75) is 285 Å². The first-order chi connectivity index (χ1) is 39.3. The van der Waals surface area contributed by atoms with Crippen LogP contribution in [0.3, 0.4) is 0 Å². The lowest BCUT2D eigenvalue weighted by atomic mass is 9.93. The van der Waals surface area contributed by atoms with Crippen molar-refractivity contribution >= 4 is 100 Å². The Kier molecular flexibility index (Phi) is 33.4. The molecule has 1 unspecified atom stereocenters. The number of hydrogen-bond donors (Lipinski definition) is 0. The maximum absolute atomic E-state index is 16.0. The normalized spacial score (nSPS) is 14.5. The van der Waals surface area contributed by atoms with E-state index < -0.39 is 0 Å². The predicted octanol–water partition coefficient (Wildman–Crippen LogP) is 25.5. The van der Waals surface area contributed by atoms with Gasteiger partial charge in [-0.2, -0.15) is 0 Å². The predicted molar refractivity (Wildman–Crippen MR) is 362 cm³/mol. The molecule has 0 bridgehead atoms. The molecule has 0 saturated heterocycles. The summed E-state index contributed by atoms with van der Waals surface area (Å²) in [7, 11) is 0. The third kappa shape index (κ3) is 22.6. The van der Waals surface area contributed by atoms with Crippen molar-refractivity contribution in [2.24, 2.45) is 11.8 Å². The summed E-state index contributed by atoms with van der Waals surface area (Å²) >= 11 is 14.5. The monoisotopic (exact) mass is 1290 g/mol. The highest BCUT2D eigenvalue weighted by Gasteiger charge is 2.50. The van der Waals surface area contributed by atoms with Gasteiger partial charge in [-0.25, -0.2) is 0 Å². The fraction of sp³-hybridized carbons (Fsp3) is 0.686. The number of rotatable bonds is 48. The van der Waals surface area contributed by atoms with Crippen LogP contribution in [0.2, 0.25) is 0 Å². The second-order valence-corrected chi connectivity index (χ2v) is 31.1. The average Bonchev–Trinajstić information content (AvgIpc) is 4.38. The van der Waals surface area contributed by atoms with Gasteiger partial charge in [0.1, 0.15) is 0 Å². The Bertz CT molecular complexity index is 2240. The summed E-state index contributed by atoms with van der Waals surface area (Å²) in [6.07, 6.45) is 51.9. The van der Waals surface area contributed by atoms with Crippen molar-refractivity contribution in [2.75, 3.05) is 13.1 Å². The minimum atomic E-state index is 0.0433. The van der Waals surface area contributed by atoms with Gasteiger partial charge in [-0.1, -0.05) is 259 Å². The van der Waals surface area contributed by atoms with E-state index in [1.165, 1.54) is 251 Å². The molecule has 0 aromatic carbocycles. The third-order valence-corrected chi connectivity index (χ3v) is 23.1. The van der Waals surface area contributed by atoms with Gasteiger partial charge in [0, 0.05) is 32.6 Å². The van der Waals surface area contributed by atoms with Crippen molar-refractivity contribution in [1.82, 2.24) is 9.80 Å². The molecule has 2 aliphatic heterocycles. The molecule has 4 nitrogen and oxygen atoms in total. The summed E-state index contributed by atoms with van der Waals surface area (Å²) in [5.41, 5.74) is 3.07. The van der Waals surface area contributed by atoms with E-state index in [2.05, 4.69) is 118 Å². The fourth-order valence-electron chi connectivity index (χ4n) is 12.5. The largest absolute Gasteiger partial charge is 0.306 e. The zero-order valence-electron chi connectivity index (χ0n) is 50.6. The van der Waals surface area contributed by atoms with Gasteiger partial charge in [-0.05, 0) is 118 Å². The fourth-order valence-corrected chi connectivity index (χ4v) is 17.6. The molecule has 0 radical (unpaired) electrons. The Morgan fingerprint density at radius 1 is 0.312 bits per heavy atom. The summed E-state index contributed by atoms with van der Waals surface area (Å²) in [6, 6.07) is 17.5. The highest BCUT2D eigenvalue weighted by Crippen LogP contribution is 2.51. The van der Waals surface area contributed by atoms with Crippen molar-refractivity contribution in [3.05, 3.63) is 77.0 Å². The molecule has 0 saturated carbocycles. The molecule has 4 aromatic rings. The molecule has 6 rings (SSSR count). The van der Waals surface area contributed by atoms with Crippen molar-refractivity contribution in [3.8, 4) is 19.5 Å². The third-order valence-electron chi connectivity index (χ3n) is 17.2. The molecule has 10 heteroatoms. The van der Waals surface area contributed by atoms with Crippen LogP contribution in [0.25, 0.3) is 30.9 Å². The van der Waals surface area contributed by atoms with Gasteiger partial charge < -0.3 is 9.80 Å². The van der Waals surface area contributed by atoms with E-state index in [1.807, 2.05) is 0 Å². The van der Waals surface area contributed by atoms with Crippen LogP contribution in [0.5, 0.6) is 0 Å². The Hall–Kier alpha value is -1.82. The lowest BCUT2D eigenvalue weighted by Crippen LogP contribution is -2.34. The zero-order valence-corrected chi connectivity index (χ0v) is 57.0. The Labute approximate surface area is 521 Å². The van der Waals surface area contributed by atoms with Gasteiger partial charge in [0.15, 0.2) is 0 Å². The molecule has 6 heterocycles. The number of amides is 2. The minimum absolute atomic E-state index is 0.0433. The first-order valence-electron chi connectivity index (χ1n) is 33.1. The van der Waals surface area contributed by atoms with Gasteiger partial charge in [-0.15, -0.1) is 45.3 Å². The average molecular weight is 1300 g/mol. The van der Waals surface area contributed by atoms with Crippen LogP contribution in [0.15, 0.2) is 67.2 Å². The Balaban J connectivity index is 1.32. The molecular formula is C70H106Br2N2O2S4. The number of hydrogen-bond acceptors (Lipinski definition) is 6. The minimum Gasteiger partial charge on any atom is -0.306 e. The van der Waals surface area contributed by atoms with E-state index in [-0.39, 0.29) is 11.8 Å². The molecule has 2 atom stereocenters. The van der Waals surface area contributed by atoms with E-state index >= 15 is 9.59 Å². The number of carbonyl (C=O) groups excluding carboxylic acids is 2. The summed E-state index contributed by atoms with van der Waals surface area (Å²) < 4.78 is 2.22. The summed E-state index contributed by atoms with van der Waals surface area (Å²) in [5.74, 6) is 0.852. The maximum Gasteiger partial charge on any atom is 0.261 e. The van der Waals surface area contributed by atoms with E-state index in [1.54, 1.807) is 45.3 Å². The SMILES string of the molecule is CCCCCCCCCCCCC(CCCCCCCCCC)CN1C(=O)C2=C(c3ccc(-c4ccc(Br)s4)s3)N(C[C@H](CCCCCCCCCC)CCCCCCCCCCCC)C(=O)C2=C1c1ccc(-c2ccc(Br)s2)s1. The number of thiophene rings is 4. The second kappa shape index (κ2) is 39.7. The van der Waals surface area contributed by atoms with Crippen LogP contribution >= 0.6 is 77.2 Å². The van der Waals surface area contributed by atoms with E-state index in [9.17, 15) is 0 Å². The molecule has 2 aliphatic rings. The quantitative estimate of drug-likeness (QED) is 0.0414.